The van der Waals surface area contributed by atoms with Gasteiger partial charge in [-0.25, -0.2) is 0 Å². The molecule has 0 amide bonds. The van der Waals surface area contributed by atoms with Crippen LogP contribution in [0.3, 0.4) is 0 Å². The first kappa shape index (κ1) is 9.71. The van der Waals surface area contributed by atoms with E-state index in [-0.39, 0.29) is 0 Å². The first-order valence-corrected chi connectivity index (χ1v) is 5.04. The summed E-state index contributed by atoms with van der Waals surface area (Å²) in [5, 5.41) is 3.39. The Labute approximate surface area is 90.0 Å². The van der Waals surface area contributed by atoms with Crippen LogP contribution in [0.15, 0.2) is 48.8 Å². The van der Waals surface area contributed by atoms with Crippen LogP contribution in [0.25, 0.3) is 0 Å². The largest absolute Gasteiger partial charge is 0.381 e. The van der Waals surface area contributed by atoms with E-state index in [4.69, 9.17) is 0 Å². The van der Waals surface area contributed by atoms with Crippen molar-refractivity contribution in [3.05, 3.63) is 59.9 Å². The number of rotatable bonds is 3. The Hall–Kier alpha value is -1.83. The molecule has 0 bridgehead atoms. The summed E-state index contributed by atoms with van der Waals surface area (Å²) in [5.41, 5.74) is 3.61. The van der Waals surface area contributed by atoms with Crippen LogP contribution < -0.4 is 5.32 Å². The summed E-state index contributed by atoms with van der Waals surface area (Å²) in [6.07, 6.45) is 3.67. The number of nitrogens with one attached hydrogen (secondary N) is 1. The van der Waals surface area contributed by atoms with Crippen LogP contribution in [0, 0.1) is 6.92 Å². The molecule has 76 valence electrons. The molecular weight excluding hydrogens is 184 g/mol. The maximum Gasteiger partial charge on any atom is 0.0403 e. The van der Waals surface area contributed by atoms with Crippen molar-refractivity contribution < 1.29 is 0 Å². The lowest BCUT2D eigenvalue weighted by Gasteiger charge is -2.08. The van der Waals surface area contributed by atoms with Gasteiger partial charge in [0.05, 0.1) is 0 Å². The third kappa shape index (κ3) is 2.56. The highest BCUT2D eigenvalue weighted by atomic mass is 14.9. The summed E-state index contributed by atoms with van der Waals surface area (Å²) in [4.78, 5) is 4.06. The minimum Gasteiger partial charge on any atom is -0.381 e. The third-order valence-corrected chi connectivity index (χ3v) is 2.35. The average molecular weight is 198 g/mol. The summed E-state index contributed by atoms with van der Waals surface area (Å²) < 4.78 is 0. The first-order chi connectivity index (χ1) is 7.36. The normalized spacial score (nSPS) is 9.93. The van der Waals surface area contributed by atoms with E-state index in [1.165, 1.54) is 11.1 Å². The molecule has 2 nitrogen and oxygen atoms in total. The minimum atomic E-state index is 0.853. The Morgan fingerprint density at radius 1 is 1.13 bits per heavy atom. The van der Waals surface area contributed by atoms with Gasteiger partial charge in [0.15, 0.2) is 0 Å². The first-order valence-electron chi connectivity index (χ1n) is 5.04. The highest BCUT2D eigenvalue weighted by molar-refractivity contribution is 5.48. The lowest BCUT2D eigenvalue weighted by molar-refractivity contribution is 1.13. The molecule has 0 fully saturated rings. The Kier molecular flexibility index (Phi) is 2.98. The summed E-state index contributed by atoms with van der Waals surface area (Å²) in [5.74, 6) is 0. The molecule has 2 aromatic rings. The van der Waals surface area contributed by atoms with Gasteiger partial charge in [0, 0.05) is 24.6 Å². The number of anilines is 1. The summed E-state index contributed by atoms with van der Waals surface area (Å²) in [6.45, 7) is 2.91. The topological polar surface area (TPSA) is 24.9 Å². The van der Waals surface area contributed by atoms with Crippen molar-refractivity contribution in [2.75, 3.05) is 5.32 Å². The molecule has 15 heavy (non-hydrogen) atoms. The monoisotopic (exact) mass is 198 g/mol. The van der Waals surface area contributed by atoms with E-state index in [0.29, 0.717) is 0 Å². The second-order valence-corrected chi connectivity index (χ2v) is 3.53. The zero-order chi connectivity index (χ0) is 10.5. The fourth-order valence-electron chi connectivity index (χ4n) is 1.46. The van der Waals surface area contributed by atoms with Crippen LogP contribution in [-0.2, 0) is 6.54 Å². The molecule has 0 saturated carbocycles. The van der Waals surface area contributed by atoms with Crippen molar-refractivity contribution in [3.63, 3.8) is 0 Å². The van der Waals surface area contributed by atoms with Gasteiger partial charge in [0.1, 0.15) is 0 Å². The Bertz CT molecular complexity index is 424. The predicted molar refractivity (Wildman–Crippen MR) is 62.7 cm³/mol. The Balaban J connectivity index is 2.03. The third-order valence-electron chi connectivity index (χ3n) is 2.35. The summed E-state index contributed by atoms with van der Waals surface area (Å²) >= 11 is 0. The van der Waals surface area contributed by atoms with Crippen LogP contribution in [0.1, 0.15) is 11.1 Å². The maximum absolute atomic E-state index is 4.06. The standard InChI is InChI=1S/C13H14N2/c1-11-9-14-8-7-13(11)15-10-12-5-3-2-4-6-12/h2-9H,10H2,1H3,(H,14,15). The number of pyridine rings is 1. The molecular formula is C13H14N2. The number of hydrogen-bond acceptors (Lipinski definition) is 2. The van der Waals surface area contributed by atoms with E-state index >= 15 is 0 Å². The van der Waals surface area contributed by atoms with Crippen molar-refractivity contribution in [2.24, 2.45) is 0 Å². The zero-order valence-electron chi connectivity index (χ0n) is 8.77. The fraction of sp³-hybridized carbons (Fsp3) is 0.154. The van der Waals surface area contributed by atoms with E-state index in [9.17, 15) is 0 Å². The van der Waals surface area contributed by atoms with Gasteiger partial charge in [0.2, 0.25) is 0 Å². The van der Waals surface area contributed by atoms with E-state index in [0.717, 1.165) is 12.2 Å². The molecule has 0 atom stereocenters. The Morgan fingerprint density at radius 2 is 1.93 bits per heavy atom. The van der Waals surface area contributed by atoms with Crippen LogP contribution in [0.4, 0.5) is 5.69 Å². The van der Waals surface area contributed by atoms with Crippen LogP contribution in [0.5, 0.6) is 0 Å². The number of hydrogen-bond donors (Lipinski definition) is 1. The van der Waals surface area contributed by atoms with Gasteiger partial charge in [-0.1, -0.05) is 30.3 Å². The fourth-order valence-corrected chi connectivity index (χ4v) is 1.46. The van der Waals surface area contributed by atoms with Gasteiger partial charge < -0.3 is 5.32 Å². The minimum absolute atomic E-state index is 0.853. The highest BCUT2D eigenvalue weighted by Gasteiger charge is 1.96. The van der Waals surface area contributed by atoms with Crippen molar-refractivity contribution in [1.82, 2.24) is 4.98 Å². The van der Waals surface area contributed by atoms with Gasteiger partial charge in [0.25, 0.3) is 0 Å². The molecule has 0 spiro atoms. The molecule has 0 saturated heterocycles. The van der Waals surface area contributed by atoms with Crippen LogP contribution in [-0.4, -0.2) is 4.98 Å². The van der Waals surface area contributed by atoms with Gasteiger partial charge in [-0.3, -0.25) is 4.98 Å². The molecule has 0 aliphatic heterocycles. The summed E-state index contributed by atoms with van der Waals surface area (Å²) in [7, 11) is 0. The number of aryl methyl sites for hydroxylation is 1. The molecule has 0 unspecified atom stereocenters. The smallest absolute Gasteiger partial charge is 0.0403 e. The Morgan fingerprint density at radius 3 is 2.67 bits per heavy atom. The number of aromatic nitrogens is 1. The number of nitrogens with zero attached hydrogens (tertiary/aromatic N) is 1. The van der Waals surface area contributed by atoms with E-state index in [2.05, 4.69) is 41.5 Å². The van der Waals surface area contributed by atoms with Crippen LogP contribution >= 0.6 is 0 Å². The van der Waals surface area contributed by atoms with Gasteiger partial charge in [-0.2, -0.15) is 0 Å². The molecule has 0 aliphatic rings. The van der Waals surface area contributed by atoms with Crippen molar-refractivity contribution in [1.29, 1.82) is 0 Å². The molecule has 0 radical (unpaired) electrons. The molecule has 0 aliphatic carbocycles. The zero-order valence-corrected chi connectivity index (χ0v) is 8.77. The lowest BCUT2D eigenvalue weighted by Crippen LogP contribution is -2.00. The summed E-state index contributed by atoms with van der Waals surface area (Å²) in [6, 6.07) is 12.4. The molecule has 1 aromatic heterocycles. The van der Waals surface area contributed by atoms with Gasteiger partial charge >= 0.3 is 0 Å². The maximum atomic E-state index is 4.06. The highest BCUT2D eigenvalue weighted by Crippen LogP contribution is 2.12. The molecule has 1 aromatic carbocycles. The van der Waals surface area contributed by atoms with Crippen molar-refractivity contribution in [2.45, 2.75) is 13.5 Å². The second-order valence-electron chi connectivity index (χ2n) is 3.53. The quantitative estimate of drug-likeness (QED) is 0.820. The number of benzene rings is 1. The second kappa shape index (κ2) is 4.60. The van der Waals surface area contributed by atoms with E-state index in [1.54, 1.807) is 6.20 Å². The van der Waals surface area contributed by atoms with Crippen molar-refractivity contribution in [3.8, 4) is 0 Å². The van der Waals surface area contributed by atoms with E-state index < -0.39 is 0 Å². The van der Waals surface area contributed by atoms with Crippen LogP contribution in [0.2, 0.25) is 0 Å². The van der Waals surface area contributed by atoms with Gasteiger partial charge in [-0.15, -0.1) is 0 Å². The lowest BCUT2D eigenvalue weighted by atomic mass is 10.2. The predicted octanol–water partition coefficient (Wildman–Crippen LogP) is 3.00. The van der Waals surface area contributed by atoms with E-state index in [1.807, 2.05) is 18.3 Å². The SMILES string of the molecule is Cc1cnccc1NCc1ccccc1. The molecule has 2 heteroatoms. The molecule has 1 heterocycles. The van der Waals surface area contributed by atoms with Gasteiger partial charge in [-0.05, 0) is 24.1 Å². The average Bonchev–Trinajstić information content (AvgIpc) is 2.29. The van der Waals surface area contributed by atoms with Crippen molar-refractivity contribution >= 4 is 5.69 Å². The molecule has 1 N–H and O–H groups in total. The molecule has 2 rings (SSSR count).